The Morgan fingerprint density at radius 3 is 2.88 bits per heavy atom. The summed E-state index contributed by atoms with van der Waals surface area (Å²) >= 11 is 0. The molecule has 0 unspecified atom stereocenters. The number of nitrogens with zero attached hydrogens (tertiary/aromatic N) is 5. The summed E-state index contributed by atoms with van der Waals surface area (Å²) in [7, 11) is 0. The number of hydrogen-bond donors (Lipinski definition) is 1. The molecule has 1 saturated heterocycles. The van der Waals surface area contributed by atoms with E-state index in [1.807, 2.05) is 11.8 Å². The van der Waals surface area contributed by atoms with E-state index >= 15 is 0 Å². The highest BCUT2D eigenvalue weighted by molar-refractivity contribution is 5.76. The van der Waals surface area contributed by atoms with Crippen LogP contribution in [0.2, 0.25) is 0 Å². The van der Waals surface area contributed by atoms with E-state index in [0.717, 1.165) is 68.1 Å². The number of benzene rings is 1. The Morgan fingerprint density at radius 2 is 2.12 bits per heavy atom. The first-order valence-electron chi connectivity index (χ1n) is 11.9. The summed E-state index contributed by atoms with van der Waals surface area (Å²) in [6, 6.07) is 9.01. The quantitative estimate of drug-likeness (QED) is 0.666. The fraction of sp³-hybridized carbons (Fsp3) is 0.480. The number of amides is 1. The van der Waals surface area contributed by atoms with Gasteiger partial charge in [-0.25, -0.2) is 0 Å². The van der Waals surface area contributed by atoms with Crippen LogP contribution in [-0.2, 0) is 28.9 Å². The number of carbonyl (C=O) groups is 1. The number of anilines is 2. The Labute approximate surface area is 193 Å². The van der Waals surface area contributed by atoms with Gasteiger partial charge in [-0.2, -0.15) is 10.2 Å². The van der Waals surface area contributed by atoms with Gasteiger partial charge in [0.1, 0.15) is 0 Å². The number of aromatic amines is 1. The molecule has 1 atom stereocenters. The standard InChI is InChI=1S/C25H30N6O2/c1-16-12-22(27-26-16)18-5-6-23-19(13-18)4-3-9-30(23)25-21-14-29(17(2)32)10-7-24(21)31(28-25)20-8-11-33-15-20/h5-6,12-13,20H,3-4,7-11,14-15H2,1-2H3,(H,26,27)/t20-/m0/s1. The molecule has 2 aromatic heterocycles. The average molecular weight is 447 g/mol. The van der Waals surface area contributed by atoms with Crippen molar-refractivity contribution in [2.45, 2.75) is 52.1 Å². The summed E-state index contributed by atoms with van der Waals surface area (Å²) in [5.74, 6) is 1.13. The van der Waals surface area contributed by atoms with E-state index in [-0.39, 0.29) is 11.9 Å². The molecule has 3 aliphatic heterocycles. The van der Waals surface area contributed by atoms with Crippen molar-refractivity contribution in [2.24, 2.45) is 0 Å². The monoisotopic (exact) mass is 446 g/mol. The van der Waals surface area contributed by atoms with Crippen molar-refractivity contribution in [3.63, 3.8) is 0 Å². The summed E-state index contributed by atoms with van der Waals surface area (Å²) < 4.78 is 7.89. The van der Waals surface area contributed by atoms with Crippen LogP contribution in [0.1, 0.15) is 48.3 Å². The van der Waals surface area contributed by atoms with Gasteiger partial charge in [0.2, 0.25) is 5.91 Å². The van der Waals surface area contributed by atoms with Crippen LogP contribution in [0.15, 0.2) is 24.3 Å². The molecule has 3 aromatic rings. The molecule has 0 radical (unpaired) electrons. The Bertz CT molecular complexity index is 1210. The van der Waals surface area contributed by atoms with Crippen LogP contribution in [0.3, 0.4) is 0 Å². The molecule has 33 heavy (non-hydrogen) atoms. The van der Waals surface area contributed by atoms with Crippen molar-refractivity contribution in [1.29, 1.82) is 0 Å². The van der Waals surface area contributed by atoms with Crippen molar-refractivity contribution < 1.29 is 9.53 Å². The van der Waals surface area contributed by atoms with Crippen LogP contribution in [0.25, 0.3) is 11.3 Å². The first kappa shape index (κ1) is 20.5. The first-order chi connectivity index (χ1) is 16.1. The van der Waals surface area contributed by atoms with Gasteiger partial charge in [-0.05, 0) is 49.9 Å². The number of nitrogens with one attached hydrogen (secondary N) is 1. The topological polar surface area (TPSA) is 79.3 Å². The van der Waals surface area contributed by atoms with Crippen LogP contribution in [0.5, 0.6) is 0 Å². The molecule has 8 nitrogen and oxygen atoms in total. The van der Waals surface area contributed by atoms with Gasteiger partial charge in [-0.1, -0.05) is 6.07 Å². The smallest absolute Gasteiger partial charge is 0.219 e. The molecule has 1 fully saturated rings. The molecule has 1 N–H and O–H groups in total. The predicted molar refractivity (Wildman–Crippen MR) is 126 cm³/mol. The molecule has 172 valence electrons. The molecule has 8 heteroatoms. The molecule has 5 heterocycles. The lowest BCUT2D eigenvalue weighted by Gasteiger charge is -2.32. The third-order valence-corrected chi connectivity index (χ3v) is 7.22. The molecule has 1 amide bonds. The fourth-order valence-electron chi connectivity index (χ4n) is 5.47. The predicted octanol–water partition coefficient (Wildman–Crippen LogP) is 3.53. The number of carbonyl (C=O) groups excluding carboxylic acids is 1. The van der Waals surface area contributed by atoms with E-state index in [2.05, 4.69) is 44.0 Å². The van der Waals surface area contributed by atoms with Gasteiger partial charge in [0.05, 0.1) is 24.9 Å². The molecule has 1 aromatic carbocycles. The van der Waals surface area contributed by atoms with Crippen LogP contribution in [0.4, 0.5) is 11.5 Å². The molecule has 0 aliphatic carbocycles. The maximum absolute atomic E-state index is 12.2. The van der Waals surface area contributed by atoms with Gasteiger partial charge < -0.3 is 14.5 Å². The number of aromatic nitrogens is 4. The average Bonchev–Trinajstić information content (AvgIpc) is 3.57. The lowest BCUT2D eigenvalue weighted by atomic mass is 9.97. The van der Waals surface area contributed by atoms with Crippen LogP contribution < -0.4 is 4.90 Å². The van der Waals surface area contributed by atoms with E-state index < -0.39 is 0 Å². The lowest BCUT2D eigenvalue weighted by Crippen LogP contribution is -2.35. The van der Waals surface area contributed by atoms with Gasteiger partial charge in [0.15, 0.2) is 5.82 Å². The van der Waals surface area contributed by atoms with Gasteiger partial charge in [0, 0.05) is 61.2 Å². The second kappa shape index (κ2) is 8.02. The number of ether oxygens (including phenoxy) is 1. The second-order valence-electron chi connectivity index (χ2n) is 9.44. The fourth-order valence-corrected chi connectivity index (χ4v) is 5.47. The third kappa shape index (κ3) is 3.53. The van der Waals surface area contributed by atoms with E-state index in [0.29, 0.717) is 13.2 Å². The van der Waals surface area contributed by atoms with Gasteiger partial charge in [-0.15, -0.1) is 0 Å². The second-order valence-corrected chi connectivity index (χ2v) is 9.44. The highest BCUT2D eigenvalue weighted by Gasteiger charge is 2.33. The number of hydrogen-bond acceptors (Lipinski definition) is 5. The van der Waals surface area contributed by atoms with Crippen LogP contribution >= 0.6 is 0 Å². The molecule has 0 spiro atoms. The molecule has 0 bridgehead atoms. The van der Waals surface area contributed by atoms with E-state index in [1.165, 1.54) is 22.5 Å². The molecular formula is C25H30N6O2. The van der Waals surface area contributed by atoms with Gasteiger partial charge in [0.25, 0.3) is 0 Å². The zero-order valence-corrected chi connectivity index (χ0v) is 19.3. The Morgan fingerprint density at radius 1 is 1.21 bits per heavy atom. The zero-order chi connectivity index (χ0) is 22.5. The van der Waals surface area contributed by atoms with Crippen molar-refractivity contribution in [1.82, 2.24) is 24.9 Å². The summed E-state index contributed by atoms with van der Waals surface area (Å²) in [6.07, 6.45) is 3.95. The van der Waals surface area contributed by atoms with Crippen molar-refractivity contribution in [3.8, 4) is 11.3 Å². The normalized spacial score (nSPS) is 20.1. The summed E-state index contributed by atoms with van der Waals surface area (Å²) in [5.41, 5.74) is 8.19. The minimum atomic E-state index is 0.126. The lowest BCUT2D eigenvalue weighted by molar-refractivity contribution is -0.129. The largest absolute Gasteiger partial charge is 0.379 e. The maximum atomic E-state index is 12.2. The van der Waals surface area contributed by atoms with Crippen molar-refractivity contribution in [3.05, 3.63) is 46.8 Å². The van der Waals surface area contributed by atoms with E-state index in [1.54, 1.807) is 6.92 Å². The Hall–Kier alpha value is -3.13. The van der Waals surface area contributed by atoms with Gasteiger partial charge >= 0.3 is 0 Å². The van der Waals surface area contributed by atoms with Crippen molar-refractivity contribution in [2.75, 3.05) is 31.2 Å². The SMILES string of the molecule is CC(=O)N1CCc2c(c(N3CCCc4cc(-c5cc(C)[nH]n5)ccc43)nn2[C@H]2CCOC2)C1. The Kier molecular flexibility index (Phi) is 4.98. The first-order valence-corrected chi connectivity index (χ1v) is 11.9. The van der Waals surface area contributed by atoms with Crippen molar-refractivity contribution >= 4 is 17.4 Å². The minimum absolute atomic E-state index is 0.126. The maximum Gasteiger partial charge on any atom is 0.219 e. The highest BCUT2D eigenvalue weighted by atomic mass is 16.5. The number of H-pyrrole nitrogens is 1. The summed E-state index contributed by atoms with van der Waals surface area (Å²) in [5, 5.41) is 12.7. The third-order valence-electron chi connectivity index (χ3n) is 7.22. The van der Waals surface area contributed by atoms with Crippen LogP contribution in [0, 0.1) is 6.92 Å². The molecule has 6 rings (SSSR count). The highest BCUT2D eigenvalue weighted by Crippen LogP contribution is 2.40. The summed E-state index contributed by atoms with van der Waals surface area (Å²) in [4.78, 5) is 16.5. The number of rotatable bonds is 3. The minimum Gasteiger partial charge on any atom is -0.379 e. The van der Waals surface area contributed by atoms with E-state index in [4.69, 9.17) is 9.84 Å². The molecule has 0 saturated carbocycles. The number of fused-ring (bicyclic) bond motifs is 2. The molecule has 3 aliphatic rings. The van der Waals surface area contributed by atoms with Gasteiger partial charge in [-0.3, -0.25) is 14.6 Å². The van der Waals surface area contributed by atoms with E-state index in [9.17, 15) is 4.79 Å². The number of aryl methyl sites for hydroxylation is 2. The van der Waals surface area contributed by atoms with Crippen LogP contribution in [-0.4, -0.2) is 57.1 Å². The molecular weight excluding hydrogens is 416 g/mol. The Balaban J connectivity index is 1.42. The zero-order valence-electron chi connectivity index (χ0n) is 19.3. The summed E-state index contributed by atoms with van der Waals surface area (Å²) in [6.45, 7) is 7.50.